The van der Waals surface area contributed by atoms with E-state index in [1.807, 2.05) is 18.2 Å². The SMILES string of the molecule is COc1ccc2nc(N)n(C3(C)CCCOC3)c2c1. The fourth-order valence-corrected chi connectivity index (χ4v) is 2.86. The van der Waals surface area contributed by atoms with Crippen LogP contribution >= 0.6 is 0 Å². The summed E-state index contributed by atoms with van der Waals surface area (Å²) >= 11 is 0. The number of anilines is 1. The fraction of sp³-hybridized carbons (Fsp3) is 0.500. The number of ether oxygens (including phenoxy) is 2. The van der Waals surface area contributed by atoms with E-state index in [-0.39, 0.29) is 5.54 Å². The maximum Gasteiger partial charge on any atom is 0.201 e. The average Bonchev–Trinajstić information content (AvgIpc) is 2.74. The minimum Gasteiger partial charge on any atom is -0.497 e. The third kappa shape index (κ3) is 1.94. The monoisotopic (exact) mass is 261 g/mol. The molecule has 0 radical (unpaired) electrons. The van der Waals surface area contributed by atoms with Gasteiger partial charge in [-0.15, -0.1) is 0 Å². The Hall–Kier alpha value is -1.75. The highest BCUT2D eigenvalue weighted by Gasteiger charge is 2.32. The molecule has 5 nitrogen and oxygen atoms in total. The van der Waals surface area contributed by atoms with Crippen molar-refractivity contribution in [3.63, 3.8) is 0 Å². The van der Waals surface area contributed by atoms with Gasteiger partial charge in [0.1, 0.15) is 5.75 Å². The molecule has 19 heavy (non-hydrogen) atoms. The van der Waals surface area contributed by atoms with Crippen molar-refractivity contribution in [2.45, 2.75) is 25.3 Å². The molecule has 1 aliphatic heterocycles. The molecular formula is C14H19N3O2. The number of hydrogen-bond donors (Lipinski definition) is 1. The fourth-order valence-electron chi connectivity index (χ4n) is 2.86. The second-order valence-corrected chi connectivity index (χ2v) is 5.31. The number of benzene rings is 1. The summed E-state index contributed by atoms with van der Waals surface area (Å²) in [6.07, 6.45) is 2.08. The number of rotatable bonds is 2. The van der Waals surface area contributed by atoms with E-state index >= 15 is 0 Å². The van der Waals surface area contributed by atoms with E-state index < -0.39 is 0 Å². The molecule has 5 heteroatoms. The summed E-state index contributed by atoms with van der Waals surface area (Å²) in [5, 5.41) is 0. The van der Waals surface area contributed by atoms with Gasteiger partial charge in [0.25, 0.3) is 0 Å². The maximum atomic E-state index is 6.12. The predicted octanol–water partition coefficient (Wildman–Crippen LogP) is 2.15. The molecule has 1 fully saturated rings. The first-order chi connectivity index (χ1) is 9.14. The molecule has 2 aromatic rings. The average molecular weight is 261 g/mol. The Kier molecular flexibility index (Phi) is 2.86. The normalized spacial score (nSPS) is 23.7. The summed E-state index contributed by atoms with van der Waals surface area (Å²) < 4.78 is 13.0. The van der Waals surface area contributed by atoms with E-state index in [9.17, 15) is 0 Å². The Morgan fingerprint density at radius 3 is 3.00 bits per heavy atom. The van der Waals surface area contributed by atoms with Gasteiger partial charge in [-0.3, -0.25) is 0 Å². The number of nitrogen functional groups attached to an aromatic ring is 1. The van der Waals surface area contributed by atoms with Crippen molar-refractivity contribution in [2.75, 3.05) is 26.1 Å². The van der Waals surface area contributed by atoms with Crippen molar-refractivity contribution in [1.29, 1.82) is 0 Å². The molecule has 0 spiro atoms. The standard InChI is InChI=1S/C14H19N3O2/c1-14(6-3-7-19-9-14)17-12-8-10(18-2)4-5-11(12)16-13(17)15/h4-5,8H,3,6-7,9H2,1-2H3,(H2,15,16). The van der Waals surface area contributed by atoms with Gasteiger partial charge in [0.2, 0.25) is 5.95 Å². The highest BCUT2D eigenvalue weighted by atomic mass is 16.5. The second kappa shape index (κ2) is 4.42. The number of fused-ring (bicyclic) bond motifs is 1. The quantitative estimate of drug-likeness (QED) is 0.899. The van der Waals surface area contributed by atoms with Crippen LogP contribution in [-0.2, 0) is 10.3 Å². The molecule has 1 saturated heterocycles. The number of hydrogen-bond acceptors (Lipinski definition) is 4. The minimum atomic E-state index is -0.135. The Labute approximate surface area is 112 Å². The first-order valence-corrected chi connectivity index (χ1v) is 6.54. The van der Waals surface area contributed by atoms with Gasteiger partial charge >= 0.3 is 0 Å². The van der Waals surface area contributed by atoms with E-state index in [0.717, 1.165) is 36.2 Å². The van der Waals surface area contributed by atoms with Crippen molar-refractivity contribution in [2.24, 2.45) is 0 Å². The first-order valence-electron chi connectivity index (χ1n) is 6.54. The van der Waals surface area contributed by atoms with Gasteiger partial charge in [0, 0.05) is 12.7 Å². The number of nitrogens with zero attached hydrogens (tertiary/aromatic N) is 2. The van der Waals surface area contributed by atoms with Crippen LogP contribution < -0.4 is 10.5 Å². The van der Waals surface area contributed by atoms with Crippen molar-refractivity contribution in [3.8, 4) is 5.75 Å². The van der Waals surface area contributed by atoms with Crippen LogP contribution in [0.1, 0.15) is 19.8 Å². The topological polar surface area (TPSA) is 62.3 Å². The summed E-state index contributed by atoms with van der Waals surface area (Å²) in [4.78, 5) is 4.44. The summed E-state index contributed by atoms with van der Waals surface area (Å²) in [5.41, 5.74) is 7.88. The molecule has 1 aromatic heterocycles. The zero-order valence-corrected chi connectivity index (χ0v) is 11.3. The molecule has 1 unspecified atom stereocenters. The lowest BCUT2D eigenvalue weighted by molar-refractivity contribution is 0.0124. The predicted molar refractivity (Wildman–Crippen MR) is 74.4 cm³/mol. The van der Waals surface area contributed by atoms with Gasteiger partial charge in [-0.25, -0.2) is 4.98 Å². The zero-order valence-electron chi connectivity index (χ0n) is 11.3. The van der Waals surface area contributed by atoms with Crippen LogP contribution in [0.2, 0.25) is 0 Å². The lowest BCUT2D eigenvalue weighted by atomic mass is 9.94. The summed E-state index contributed by atoms with van der Waals surface area (Å²) in [7, 11) is 1.66. The molecule has 2 heterocycles. The molecule has 102 valence electrons. The smallest absolute Gasteiger partial charge is 0.201 e. The molecule has 1 atom stereocenters. The van der Waals surface area contributed by atoms with E-state index in [1.165, 1.54) is 0 Å². The Balaban J connectivity index is 2.18. The van der Waals surface area contributed by atoms with Crippen LogP contribution in [-0.4, -0.2) is 29.9 Å². The lowest BCUT2D eigenvalue weighted by Crippen LogP contribution is -2.39. The van der Waals surface area contributed by atoms with E-state index in [1.54, 1.807) is 7.11 Å². The van der Waals surface area contributed by atoms with Crippen LogP contribution in [0.3, 0.4) is 0 Å². The van der Waals surface area contributed by atoms with Crippen LogP contribution in [0.15, 0.2) is 18.2 Å². The van der Waals surface area contributed by atoms with Gasteiger partial charge in [0.15, 0.2) is 0 Å². The number of nitrogens with two attached hydrogens (primary N) is 1. The molecule has 0 saturated carbocycles. The summed E-state index contributed by atoms with van der Waals surface area (Å²) in [5.74, 6) is 1.35. The van der Waals surface area contributed by atoms with Gasteiger partial charge in [-0.05, 0) is 31.9 Å². The number of imidazole rings is 1. The Bertz CT molecular complexity index is 600. The highest BCUT2D eigenvalue weighted by Crippen LogP contribution is 2.34. The molecule has 1 aromatic carbocycles. The molecule has 3 rings (SSSR count). The lowest BCUT2D eigenvalue weighted by Gasteiger charge is -2.35. The van der Waals surface area contributed by atoms with Crippen molar-refractivity contribution < 1.29 is 9.47 Å². The van der Waals surface area contributed by atoms with Gasteiger partial charge in [0.05, 0.1) is 30.3 Å². The largest absolute Gasteiger partial charge is 0.497 e. The van der Waals surface area contributed by atoms with Crippen molar-refractivity contribution in [3.05, 3.63) is 18.2 Å². The third-order valence-electron chi connectivity index (χ3n) is 3.84. The van der Waals surface area contributed by atoms with Crippen LogP contribution in [0.25, 0.3) is 11.0 Å². The first kappa shape index (κ1) is 12.3. The second-order valence-electron chi connectivity index (χ2n) is 5.31. The summed E-state index contributed by atoms with van der Waals surface area (Å²) in [6.45, 7) is 3.66. The molecular weight excluding hydrogens is 242 g/mol. The van der Waals surface area contributed by atoms with Crippen LogP contribution in [0.4, 0.5) is 5.95 Å². The zero-order chi connectivity index (χ0) is 13.5. The third-order valence-corrected chi connectivity index (χ3v) is 3.84. The van der Waals surface area contributed by atoms with E-state index in [4.69, 9.17) is 15.2 Å². The van der Waals surface area contributed by atoms with E-state index in [0.29, 0.717) is 12.6 Å². The van der Waals surface area contributed by atoms with Crippen LogP contribution in [0.5, 0.6) is 5.75 Å². The van der Waals surface area contributed by atoms with E-state index in [2.05, 4.69) is 16.5 Å². The van der Waals surface area contributed by atoms with Gasteiger partial charge in [-0.2, -0.15) is 0 Å². The van der Waals surface area contributed by atoms with Crippen molar-refractivity contribution in [1.82, 2.24) is 9.55 Å². The number of methoxy groups -OCH3 is 1. The Morgan fingerprint density at radius 2 is 2.32 bits per heavy atom. The molecule has 1 aliphatic rings. The molecule has 2 N–H and O–H groups in total. The Morgan fingerprint density at radius 1 is 1.47 bits per heavy atom. The molecule has 0 aliphatic carbocycles. The van der Waals surface area contributed by atoms with Gasteiger partial charge < -0.3 is 19.8 Å². The highest BCUT2D eigenvalue weighted by molar-refractivity contribution is 5.80. The van der Waals surface area contributed by atoms with Crippen molar-refractivity contribution >= 4 is 17.0 Å². The van der Waals surface area contributed by atoms with Crippen LogP contribution in [0, 0.1) is 0 Å². The minimum absolute atomic E-state index is 0.135. The maximum absolute atomic E-state index is 6.12. The summed E-state index contributed by atoms with van der Waals surface area (Å²) in [6, 6.07) is 5.82. The molecule has 0 amide bonds. The van der Waals surface area contributed by atoms with Gasteiger partial charge in [-0.1, -0.05) is 0 Å². The molecule has 0 bridgehead atoms. The number of aromatic nitrogens is 2.